The van der Waals surface area contributed by atoms with Gasteiger partial charge in [-0.3, -0.25) is 0 Å². The summed E-state index contributed by atoms with van der Waals surface area (Å²) in [5, 5.41) is 9.24. The summed E-state index contributed by atoms with van der Waals surface area (Å²) in [5.41, 5.74) is 1.35. The molecule has 0 radical (unpaired) electrons. The van der Waals surface area contributed by atoms with Gasteiger partial charge in [0.25, 0.3) is 0 Å². The van der Waals surface area contributed by atoms with Gasteiger partial charge in [0, 0.05) is 0 Å². The molecule has 1 N–H and O–H groups in total. The quantitative estimate of drug-likeness (QED) is 0.846. The average Bonchev–Trinajstić information content (AvgIpc) is 2.48. The van der Waals surface area contributed by atoms with Gasteiger partial charge in [0.05, 0.1) is 23.2 Å². The second-order valence-corrected chi connectivity index (χ2v) is 5.57. The van der Waals surface area contributed by atoms with Crippen LogP contribution in [0.5, 0.6) is 11.5 Å². The highest BCUT2D eigenvalue weighted by atomic mass is 79.9. The maximum Gasteiger partial charge on any atom is 0.175 e. The number of hydrogen-bond donors (Lipinski definition) is 1. The van der Waals surface area contributed by atoms with Crippen molar-refractivity contribution in [3.05, 3.63) is 56.8 Å². The normalized spacial score (nSPS) is 10.5. The van der Waals surface area contributed by atoms with Crippen molar-refractivity contribution in [2.75, 3.05) is 7.11 Å². The molecule has 0 saturated carbocycles. The van der Waals surface area contributed by atoms with Gasteiger partial charge in [0.2, 0.25) is 0 Å². The fourth-order valence-corrected chi connectivity index (χ4v) is 2.51. The van der Waals surface area contributed by atoms with E-state index in [4.69, 9.17) is 26.2 Å². The van der Waals surface area contributed by atoms with Gasteiger partial charge in [0.15, 0.2) is 11.5 Å². The van der Waals surface area contributed by atoms with Gasteiger partial charge in [-0.2, -0.15) is 0 Å². The lowest BCUT2D eigenvalue weighted by Gasteiger charge is -2.14. The first-order chi connectivity index (χ1) is 10.0. The molecule has 2 aromatic carbocycles. The van der Waals surface area contributed by atoms with Gasteiger partial charge in [-0.1, -0.05) is 17.7 Å². The predicted molar refractivity (Wildman–Crippen MR) is 82.4 cm³/mol. The molecule has 0 amide bonds. The fourth-order valence-electron chi connectivity index (χ4n) is 1.79. The van der Waals surface area contributed by atoms with Crippen molar-refractivity contribution in [3.8, 4) is 11.5 Å². The topological polar surface area (TPSA) is 38.7 Å². The van der Waals surface area contributed by atoms with Crippen LogP contribution in [0.1, 0.15) is 11.1 Å². The van der Waals surface area contributed by atoms with Crippen molar-refractivity contribution in [2.24, 2.45) is 0 Å². The molecule has 0 aromatic heterocycles. The van der Waals surface area contributed by atoms with Crippen LogP contribution in [0.25, 0.3) is 0 Å². The Morgan fingerprint density at radius 2 is 2.00 bits per heavy atom. The summed E-state index contributed by atoms with van der Waals surface area (Å²) in [6, 6.07) is 7.91. The summed E-state index contributed by atoms with van der Waals surface area (Å²) in [5.74, 6) is 0.493. The monoisotopic (exact) mass is 374 g/mol. The van der Waals surface area contributed by atoms with Crippen LogP contribution in [0.3, 0.4) is 0 Å². The molecule has 0 aliphatic carbocycles. The molecule has 2 aromatic rings. The second kappa shape index (κ2) is 7.11. The Labute approximate surface area is 135 Å². The Bertz CT molecular complexity index is 649. The van der Waals surface area contributed by atoms with Crippen LogP contribution >= 0.6 is 27.5 Å². The molecule has 112 valence electrons. The van der Waals surface area contributed by atoms with E-state index in [-0.39, 0.29) is 18.2 Å². The van der Waals surface area contributed by atoms with Crippen LogP contribution in [-0.4, -0.2) is 12.2 Å². The molecule has 0 spiro atoms. The van der Waals surface area contributed by atoms with Crippen molar-refractivity contribution in [1.82, 2.24) is 0 Å². The number of hydrogen-bond acceptors (Lipinski definition) is 3. The van der Waals surface area contributed by atoms with Crippen molar-refractivity contribution in [2.45, 2.75) is 13.2 Å². The van der Waals surface area contributed by atoms with E-state index in [1.807, 2.05) is 0 Å². The Hall–Kier alpha value is -1.30. The highest BCUT2D eigenvalue weighted by Gasteiger charge is 2.12. The zero-order chi connectivity index (χ0) is 15.4. The number of benzene rings is 2. The number of aliphatic hydroxyl groups is 1. The molecule has 6 heteroatoms. The maximum absolute atomic E-state index is 13.4. The SMILES string of the molecule is COc1cc(CO)cc(Br)c1OCc1ccc(Cl)c(F)c1. The summed E-state index contributed by atoms with van der Waals surface area (Å²) in [4.78, 5) is 0. The van der Waals surface area contributed by atoms with Crippen LogP contribution in [0.15, 0.2) is 34.8 Å². The number of rotatable bonds is 5. The van der Waals surface area contributed by atoms with Crippen molar-refractivity contribution >= 4 is 27.5 Å². The predicted octanol–water partition coefficient (Wildman–Crippen LogP) is 4.32. The smallest absolute Gasteiger partial charge is 0.175 e. The number of halogens is 3. The fraction of sp³-hybridized carbons (Fsp3) is 0.200. The van der Waals surface area contributed by atoms with E-state index in [1.165, 1.54) is 19.2 Å². The van der Waals surface area contributed by atoms with E-state index in [0.29, 0.717) is 27.1 Å². The molecule has 2 rings (SSSR count). The van der Waals surface area contributed by atoms with Gasteiger partial charge in [-0.25, -0.2) is 4.39 Å². The highest BCUT2D eigenvalue weighted by Crippen LogP contribution is 2.37. The molecular weight excluding hydrogens is 363 g/mol. The third-order valence-electron chi connectivity index (χ3n) is 2.84. The molecule has 0 fully saturated rings. The Kier molecular flexibility index (Phi) is 5.45. The van der Waals surface area contributed by atoms with E-state index in [1.54, 1.807) is 18.2 Å². The lowest BCUT2D eigenvalue weighted by atomic mass is 10.2. The Morgan fingerprint density at radius 1 is 1.24 bits per heavy atom. The summed E-state index contributed by atoms with van der Waals surface area (Å²) in [6.07, 6.45) is 0. The first kappa shape index (κ1) is 16.1. The van der Waals surface area contributed by atoms with Crippen molar-refractivity contribution < 1.29 is 19.0 Å². The molecule has 0 atom stereocenters. The average molecular weight is 376 g/mol. The number of aliphatic hydroxyl groups excluding tert-OH is 1. The standard InChI is InChI=1S/C15H13BrClFO3/c1-20-14-6-10(7-19)4-11(16)15(14)21-8-9-2-3-12(17)13(18)5-9/h2-6,19H,7-8H2,1H3. The summed E-state index contributed by atoms with van der Waals surface area (Å²) in [7, 11) is 1.51. The Morgan fingerprint density at radius 3 is 2.62 bits per heavy atom. The molecule has 0 heterocycles. The van der Waals surface area contributed by atoms with Crippen LogP contribution in [-0.2, 0) is 13.2 Å². The van der Waals surface area contributed by atoms with Crippen LogP contribution in [0.4, 0.5) is 4.39 Å². The molecule has 0 bridgehead atoms. The van der Waals surface area contributed by atoms with E-state index < -0.39 is 5.82 Å². The molecule has 0 saturated heterocycles. The summed E-state index contributed by atoms with van der Waals surface area (Å²) >= 11 is 9.01. The molecule has 0 unspecified atom stereocenters. The third-order valence-corrected chi connectivity index (χ3v) is 3.73. The van der Waals surface area contributed by atoms with E-state index in [2.05, 4.69) is 15.9 Å². The lowest BCUT2D eigenvalue weighted by molar-refractivity contribution is 0.273. The van der Waals surface area contributed by atoms with Gasteiger partial charge in [-0.05, 0) is 51.3 Å². The minimum absolute atomic E-state index is 0.0739. The minimum atomic E-state index is -0.487. The van der Waals surface area contributed by atoms with Crippen LogP contribution in [0, 0.1) is 5.82 Å². The van der Waals surface area contributed by atoms with Gasteiger partial charge >= 0.3 is 0 Å². The van der Waals surface area contributed by atoms with E-state index in [9.17, 15) is 4.39 Å². The number of ether oxygens (including phenoxy) is 2. The van der Waals surface area contributed by atoms with Gasteiger partial charge in [0.1, 0.15) is 12.4 Å². The van der Waals surface area contributed by atoms with E-state index >= 15 is 0 Å². The Balaban J connectivity index is 2.21. The molecule has 3 nitrogen and oxygen atoms in total. The van der Waals surface area contributed by atoms with E-state index in [0.717, 1.165) is 0 Å². The van der Waals surface area contributed by atoms with Gasteiger partial charge < -0.3 is 14.6 Å². The third kappa shape index (κ3) is 3.87. The van der Waals surface area contributed by atoms with Crippen LogP contribution in [0.2, 0.25) is 5.02 Å². The second-order valence-electron chi connectivity index (χ2n) is 4.30. The number of methoxy groups -OCH3 is 1. The summed E-state index contributed by atoms with van der Waals surface area (Å²) < 4.78 is 24.9. The largest absolute Gasteiger partial charge is 0.493 e. The first-order valence-corrected chi connectivity index (χ1v) is 7.26. The zero-order valence-corrected chi connectivity index (χ0v) is 13.5. The van der Waals surface area contributed by atoms with Crippen molar-refractivity contribution in [3.63, 3.8) is 0 Å². The van der Waals surface area contributed by atoms with Gasteiger partial charge in [-0.15, -0.1) is 0 Å². The minimum Gasteiger partial charge on any atom is -0.493 e. The first-order valence-electron chi connectivity index (χ1n) is 6.09. The lowest BCUT2D eigenvalue weighted by Crippen LogP contribution is -2.00. The van der Waals surface area contributed by atoms with Crippen molar-refractivity contribution in [1.29, 1.82) is 0 Å². The zero-order valence-electron chi connectivity index (χ0n) is 11.2. The molecule has 0 aliphatic heterocycles. The molecule has 0 aliphatic rings. The maximum atomic E-state index is 13.4. The molecule has 21 heavy (non-hydrogen) atoms. The highest BCUT2D eigenvalue weighted by molar-refractivity contribution is 9.10. The molecular formula is C15H13BrClFO3. The van der Waals surface area contributed by atoms with Crippen LogP contribution < -0.4 is 9.47 Å². The summed E-state index contributed by atoms with van der Waals surface area (Å²) in [6.45, 7) is 0.0686.